The molecule has 0 spiro atoms. The molecule has 17 heavy (non-hydrogen) atoms. The van der Waals surface area contributed by atoms with E-state index in [-0.39, 0.29) is 6.17 Å². The average molecular weight is 243 g/mol. The van der Waals surface area contributed by atoms with Gasteiger partial charge in [-0.3, -0.25) is 0 Å². The lowest BCUT2D eigenvalue weighted by Gasteiger charge is -2.05. The Balaban J connectivity index is 2.89. The van der Waals surface area contributed by atoms with Crippen molar-refractivity contribution in [2.45, 2.75) is 83.2 Å². The maximum absolute atomic E-state index is 5.49. The molecule has 0 atom stereocenters. The lowest BCUT2D eigenvalue weighted by Crippen LogP contribution is -2.29. The zero-order valence-electron chi connectivity index (χ0n) is 11.5. The zero-order chi connectivity index (χ0) is 12.8. The molecule has 0 aromatic carbocycles. The van der Waals surface area contributed by atoms with E-state index in [1.54, 1.807) is 0 Å². The summed E-state index contributed by atoms with van der Waals surface area (Å²) in [4.78, 5) is 0. The van der Waals surface area contributed by atoms with Crippen LogP contribution in [-0.2, 0) is 0 Å². The van der Waals surface area contributed by atoms with Crippen LogP contribution in [0.25, 0.3) is 0 Å². The number of nitrogens with two attached hydrogens (primary N) is 3. The average Bonchev–Trinajstić information content (AvgIpc) is 2.30. The number of hydrogen-bond donors (Lipinski definition) is 3. The van der Waals surface area contributed by atoms with Crippen molar-refractivity contribution in [3.63, 3.8) is 0 Å². The molecule has 0 aliphatic carbocycles. The van der Waals surface area contributed by atoms with E-state index >= 15 is 0 Å². The fourth-order valence-corrected chi connectivity index (χ4v) is 2.12. The van der Waals surface area contributed by atoms with Gasteiger partial charge in [-0.1, -0.05) is 64.2 Å². The summed E-state index contributed by atoms with van der Waals surface area (Å²) in [7, 11) is 0. The number of hydrogen-bond acceptors (Lipinski definition) is 3. The minimum Gasteiger partial charge on any atom is -0.330 e. The van der Waals surface area contributed by atoms with E-state index in [9.17, 15) is 0 Å². The Morgan fingerprint density at radius 1 is 0.529 bits per heavy atom. The maximum Gasteiger partial charge on any atom is 0.0520 e. The summed E-state index contributed by atoms with van der Waals surface area (Å²) >= 11 is 0. The van der Waals surface area contributed by atoms with E-state index in [0.29, 0.717) is 0 Å². The van der Waals surface area contributed by atoms with Crippen LogP contribution < -0.4 is 17.2 Å². The van der Waals surface area contributed by atoms with Crippen LogP contribution in [0.2, 0.25) is 0 Å². The molecule has 0 rings (SSSR count). The molecule has 0 amide bonds. The van der Waals surface area contributed by atoms with Crippen LogP contribution in [0.5, 0.6) is 0 Å². The van der Waals surface area contributed by atoms with Crippen LogP contribution in [0, 0.1) is 0 Å². The normalized spacial score (nSPS) is 11.3. The Morgan fingerprint density at radius 3 is 1.24 bits per heavy atom. The van der Waals surface area contributed by atoms with Gasteiger partial charge in [0, 0.05) is 0 Å². The fourth-order valence-electron chi connectivity index (χ4n) is 2.12. The molecule has 0 heterocycles. The molecular formula is C14H33N3. The molecule has 0 aliphatic rings. The van der Waals surface area contributed by atoms with E-state index < -0.39 is 0 Å². The quantitative estimate of drug-likeness (QED) is 0.344. The second-order valence-corrected chi connectivity index (χ2v) is 5.13. The van der Waals surface area contributed by atoms with Gasteiger partial charge in [-0.25, -0.2) is 0 Å². The zero-order valence-corrected chi connectivity index (χ0v) is 11.5. The van der Waals surface area contributed by atoms with Crippen molar-refractivity contribution in [3.8, 4) is 0 Å². The second kappa shape index (κ2) is 13.9. The first-order chi connectivity index (χ1) is 8.27. The first kappa shape index (κ1) is 16.9. The van der Waals surface area contributed by atoms with Crippen LogP contribution >= 0.6 is 0 Å². The van der Waals surface area contributed by atoms with Gasteiger partial charge in [0.05, 0.1) is 6.17 Å². The molecule has 0 bridgehead atoms. The van der Waals surface area contributed by atoms with Gasteiger partial charge in [0.2, 0.25) is 0 Å². The van der Waals surface area contributed by atoms with Crippen molar-refractivity contribution in [1.29, 1.82) is 0 Å². The molecule has 0 unspecified atom stereocenters. The highest BCUT2D eigenvalue weighted by Crippen LogP contribution is 2.11. The molecule has 0 saturated heterocycles. The van der Waals surface area contributed by atoms with Crippen molar-refractivity contribution in [2.24, 2.45) is 17.2 Å². The summed E-state index contributed by atoms with van der Waals surface area (Å²) in [6.07, 6.45) is 15.5. The Hall–Kier alpha value is -0.120. The molecule has 3 nitrogen and oxygen atoms in total. The highest BCUT2D eigenvalue weighted by molar-refractivity contribution is 4.52. The summed E-state index contributed by atoms with van der Waals surface area (Å²) in [6, 6.07) is 0. The molecule has 104 valence electrons. The smallest absolute Gasteiger partial charge is 0.0520 e. The number of unbranched alkanes of at least 4 members (excludes halogenated alkanes) is 10. The van der Waals surface area contributed by atoms with Crippen LogP contribution in [-0.4, -0.2) is 12.7 Å². The molecule has 0 fully saturated rings. The molecule has 6 N–H and O–H groups in total. The molecule has 0 aromatic heterocycles. The first-order valence-corrected chi connectivity index (χ1v) is 7.48. The predicted octanol–water partition coefficient (Wildman–Crippen LogP) is 2.87. The van der Waals surface area contributed by atoms with E-state index in [4.69, 9.17) is 17.2 Å². The predicted molar refractivity (Wildman–Crippen MR) is 76.6 cm³/mol. The van der Waals surface area contributed by atoms with E-state index in [1.807, 2.05) is 0 Å². The van der Waals surface area contributed by atoms with Crippen molar-refractivity contribution in [1.82, 2.24) is 0 Å². The van der Waals surface area contributed by atoms with Crippen LogP contribution in [0.3, 0.4) is 0 Å². The molecule has 0 radical (unpaired) electrons. The SMILES string of the molecule is NCCCCCCCCCCCCCC(N)N. The van der Waals surface area contributed by atoms with Crippen molar-refractivity contribution in [3.05, 3.63) is 0 Å². The van der Waals surface area contributed by atoms with E-state index in [0.717, 1.165) is 13.0 Å². The van der Waals surface area contributed by atoms with Crippen molar-refractivity contribution >= 4 is 0 Å². The van der Waals surface area contributed by atoms with Crippen LogP contribution in [0.1, 0.15) is 77.0 Å². The van der Waals surface area contributed by atoms with Gasteiger partial charge in [0.25, 0.3) is 0 Å². The first-order valence-electron chi connectivity index (χ1n) is 7.48. The number of rotatable bonds is 13. The standard InChI is InChI=1S/C14H33N3/c15-13-11-9-7-5-3-1-2-4-6-8-10-12-14(16)17/h14H,1-13,15-17H2. The summed E-state index contributed by atoms with van der Waals surface area (Å²) in [5.74, 6) is 0. The van der Waals surface area contributed by atoms with E-state index in [2.05, 4.69) is 0 Å². The monoisotopic (exact) mass is 243 g/mol. The summed E-state index contributed by atoms with van der Waals surface area (Å²) in [6.45, 7) is 0.854. The van der Waals surface area contributed by atoms with Gasteiger partial charge in [0.15, 0.2) is 0 Å². The topological polar surface area (TPSA) is 78.1 Å². The lowest BCUT2D eigenvalue weighted by molar-refractivity contribution is 0.524. The lowest BCUT2D eigenvalue weighted by atomic mass is 10.0. The van der Waals surface area contributed by atoms with Crippen LogP contribution in [0.4, 0.5) is 0 Å². The Bertz CT molecular complexity index is 137. The molecular weight excluding hydrogens is 210 g/mol. The molecule has 0 aromatic rings. The summed E-state index contributed by atoms with van der Waals surface area (Å²) in [5, 5.41) is 0. The van der Waals surface area contributed by atoms with Crippen LogP contribution in [0.15, 0.2) is 0 Å². The fraction of sp³-hybridized carbons (Fsp3) is 1.00. The third-order valence-corrected chi connectivity index (χ3v) is 3.24. The van der Waals surface area contributed by atoms with Crippen molar-refractivity contribution < 1.29 is 0 Å². The van der Waals surface area contributed by atoms with Gasteiger partial charge < -0.3 is 17.2 Å². The Labute approximate surface area is 108 Å². The largest absolute Gasteiger partial charge is 0.330 e. The maximum atomic E-state index is 5.49. The minimum atomic E-state index is -0.108. The molecule has 0 saturated carbocycles. The minimum absolute atomic E-state index is 0.108. The highest BCUT2D eigenvalue weighted by atomic mass is 14.8. The van der Waals surface area contributed by atoms with Gasteiger partial charge in [0.1, 0.15) is 0 Å². The Kier molecular flexibility index (Phi) is 13.8. The van der Waals surface area contributed by atoms with Gasteiger partial charge >= 0.3 is 0 Å². The van der Waals surface area contributed by atoms with Gasteiger partial charge in [-0.15, -0.1) is 0 Å². The highest BCUT2D eigenvalue weighted by Gasteiger charge is 1.95. The summed E-state index contributed by atoms with van der Waals surface area (Å²) < 4.78 is 0. The van der Waals surface area contributed by atoms with Crippen molar-refractivity contribution in [2.75, 3.05) is 6.54 Å². The van der Waals surface area contributed by atoms with Gasteiger partial charge in [-0.05, 0) is 19.4 Å². The molecule has 0 aliphatic heterocycles. The van der Waals surface area contributed by atoms with Gasteiger partial charge in [-0.2, -0.15) is 0 Å². The third-order valence-electron chi connectivity index (χ3n) is 3.24. The second-order valence-electron chi connectivity index (χ2n) is 5.13. The summed E-state index contributed by atoms with van der Waals surface area (Å²) in [5.41, 5.74) is 16.4. The molecule has 3 heteroatoms. The third kappa shape index (κ3) is 15.9. The van der Waals surface area contributed by atoms with E-state index in [1.165, 1.54) is 70.6 Å². The Morgan fingerprint density at radius 2 is 0.882 bits per heavy atom.